The van der Waals surface area contributed by atoms with E-state index in [1.807, 2.05) is 0 Å². The van der Waals surface area contributed by atoms with Crippen LogP contribution in [0, 0.1) is 0 Å². The summed E-state index contributed by atoms with van der Waals surface area (Å²) in [6.45, 7) is 0. The maximum absolute atomic E-state index is 12.7. The molecular formula is C22H19N3O4. The van der Waals surface area contributed by atoms with E-state index in [0.29, 0.717) is 39.1 Å². The van der Waals surface area contributed by atoms with Crippen LogP contribution in [0.3, 0.4) is 0 Å². The molecule has 7 nitrogen and oxygen atoms in total. The van der Waals surface area contributed by atoms with Crippen molar-refractivity contribution in [2.45, 2.75) is 0 Å². The van der Waals surface area contributed by atoms with Gasteiger partial charge in [0.2, 0.25) is 11.8 Å². The van der Waals surface area contributed by atoms with Gasteiger partial charge in [-0.05, 0) is 54.6 Å². The van der Waals surface area contributed by atoms with Crippen molar-refractivity contribution in [3.8, 4) is 23.2 Å². The summed E-state index contributed by atoms with van der Waals surface area (Å²) in [5.41, 5.74) is 7.55. The molecule has 0 spiro atoms. The molecule has 1 heterocycles. The van der Waals surface area contributed by atoms with Crippen molar-refractivity contribution in [2.75, 3.05) is 18.2 Å². The first-order valence-corrected chi connectivity index (χ1v) is 8.86. The number of carbonyl (C=O) groups is 1. The molecule has 0 unspecified atom stereocenters. The van der Waals surface area contributed by atoms with Crippen molar-refractivity contribution < 1.29 is 19.7 Å². The molecule has 0 aliphatic heterocycles. The van der Waals surface area contributed by atoms with Crippen molar-refractivity contribution in [3.63, 3.8) is 0 Å². The van der Waals surface area contributed by atoms with Crippen LogP contribution in [0.2, 0.25) is 0 Å². The molecule has 0 aliphatic rings. The second-order valence-corrected chi connectivity index (χ2v) is 6.49. The fraction of sp³-hybridized carbons (Fsp3) is 0.0455. The van der Waals surface area contributed by atoms with Crippen LogP contribution in [0.1, 0.15) is 10.4 Å². The van der Waals surface area contributed by atoms with E-state index in [9.17, 15) is 15.0 Å². The van der Waals surface area contributed by atoms with Crippen molar-refractivity contribution >= 4 is 28.1 Å². The number of hydrogen-bond donors (Lipinski definition) is 4. The number of nitrogens with zero attached hydrogens (tertiary/aromatic N) is 1. The fourth-order valence-corrected chi connectivity index (χ4v) is 3.22. The first-order chi connectivity index (χ1) is 14.0. The van der Waals surface area contributed by atoms with E-state index in [0.717, 1.165) is 0 Å². The van der Waals surface area contributed by atoms with Gasteiger partial charge in [-0.1, -0.05) is 12.1 Å². The van der Waals surface area contributed by atoms with Gasteiger partial charge in [-0.2, -0.15) is 0 Å². The van der Waals surface area contributed by atoms with Crippen LogP contribution in [0.25, 0.3) is 16.5 Å². The number of rotatable bonds is 4. The van der Waals surface area contributed by atoms with Gasteiger partial charge in [0.05, 0.1) is 18.5 Å². The van der Waals surface area contributed by atoms with Gasteiger partial charge >= 0.3 is 0 Å². The standard InChI is InChI=1S/C22H19N3O4/c1-29-15-9-6-13(7-10-15)20(26)24-18-4-2-3-5-19(18)25-21(27)16-11-8-14(23)12-17(16)22(25)28/h2-12,27-28H,23H2,1H3,(H,24,26). The average molecular weight is 389 g/mol. The third kappa shape index (κ3) is 3.19. The Bertz CT molecular complexity index is 1210. The predicted molar refractivity (Wildman–Crippen MR) is 112 cm³/mol. The third-order valence-corrected chi connectivity index (χ3v) is 4.69. The van der Waals surface area contributed by atoms with Gasteiger partial charge in [0.25, 0.3) is 5.91 Å². The van der Waals surface area contributed by atoms with Gasteiger partial charge < -0.3 is 26.0 Å². The van der Waals surface area contributed by atoms with Crippen molar-refractivity contribution in [3.05, 3.63) is 72.3 Å². The summed E-state index contributed by atoms with van der Waals surface area (Å²) in [4.78, 5) is 12.7. The fourth-order valence-electron chi connectivity index (χ4n) is 3.22. The van der Waals surface area contributed by atoms with Gasteiger partial charge in [-0.3, -0.25) is 4.79 Å². The van der Waals surface area contributed by atoms with Gasteiger partial charge in [-0.25, -0.2) is 4.57 Å². The Kier molecular flexibility index (Phi) is 4.48. The minimum absolute atomic E-state index is 0.149. The molecule has 0 bridgehead atoms. The number of nitrogens with one attached hydrogen (secondary N) is 1. The Morgan fingerprint density at radius 2 is 1.66 bits per heavy atom. The van der Waals surface area contributed by atoms with Crippen LogP contribution < -0.4 is 15.8 Å². The lowest BCUT2D eigenvalue weighted by Gasteiger charge is -2.14. The molecule has 1 aromatic heterocycles. The molecular weight excluding hydrogens is 370 g/mol. The summed E-state index contributed by atoms with van der Waals surface area (Å²) in [5, 5.41) is 25.1. The highest BCUT2D eigenvalue weighted by Crippen LogP contribution is 2.41. The number of para-hydroxylation sites is 2. The van der Waals surface area contributed by atoms with E-state index in [1.165, 1.54) is 4.57 Å². The topological polar surface area (TPSA) is 110 Å². The molecule has 3 aromatic carbocycles. The highest BCUT2D eigenvalue weighted by Gasteiger charge is 2.20. The number of anilines is 2. The van der Waals surface area contributed by atoms with E-state index in [4.69, 9.17) is 10.5 Å². The second kappa shape index (κ2) is 7.12. The molecule has 0 radical (unpaired) electrons. The lowest BCUT2D eigenvalue weighted by Crippen LogP contribution is -2.13. The lowest BCUT2D eigenvalue weighted by molar-refractivity contribution is 0.102. The summed E-state index contributed by atoms with van der Waals surface area (Å²) in [6, 6.07) is 18.4. The number of amides is 1. The zero-order valence-electron chi connectivity index (χ0n) is 15.6. The Hall–Kier alpha value is -4.13. The van der Waals surface area contributed by atoms with Gasteiger partial charge in [0, 0.05) is 22.0 Å². The van der Waals surface area contributed by atoms with Crippen molar-refractivity contribution in [2.24, 2.45) is 0 Å². The molecule has 4 rings (SSSR count). The molecule has 0 aliphatic carbocycles. The largest absolute Gasteiger partial charge is 0.497 e. The number of nitrogen functional groups attached to an aromatic ring is 1. The number of benzene rings is 3. The minimum atomic E-state index is -0.333. The van der Waals surface area contributed by atoms with Crippen LogP contribution in [-0.4, -0.2) is 27.8 Å². The molecule has 0 atom stereocenters. The molecule has 4 aromatic rings. The molecule has 7 heteroatoms. The maximum Gasteiger partial charge on any atom is 0.255 e. The maximum atomic E-state index is 12.7. The normalized spacial score (nSPS) is 10.8. The van der Waals surface area contributed by atoms with Gasteiger partial charge in [0.1, 0.15) is 5.75 Å². The van der Waals surface area contributed by atoms with E-state index in [2.05, 4.69) is 5.32 Å². The zero-order valence-corrected chi connectivity index (χ0v) is 15.6. The summed E-state index contributed by atoms with van der Waals surface area (Å²) in [5.74, 6) is -0.00488. The van der Waals surface area contributed by atoms with Crippen LogP contribution in [0.5, 0.6) is 17.5 Å². The number of fused-ring (bicyclic) bond motifs is 1. The molecule has 0 saturated heterocycles. The van der Waals surface area contributed by atoms with E-state index in [1.54, 1.807) is 73.8 Å². The second-order valence-electron chi connectivity index (χ2n) is 6.49. The van der Waals surface area contributed by atoms with Crippen molar-refractivity contribution in [1.29, 1.82) is 0 Å². The monoisotopic (exact) mass is 389 g/mol. The predicted octanol–water partition coefficient (Wildman–Crippen LogP) is 3.88. The summed E-state index contributed by atoms with van der Waals surface area (Å²) in [6.07, 6.45) is 0. The molecule has 5 N–H and O–H groups in total. The molecule has 146 valence electrons. The summed E-state index contributed by atoms with van der Waals surface area (Å²) < 4.78 is 6.38. The summed E-state index contributed by atoms with van der Waals surface area (Å²) in [7, 11) is 1.55. The quantitative estimate of drug-likeness (QED) is 0.396. The first kappa shape index (κ1) is 18.2. The van der Waals surface area contributed by atoms with E-state index >= 15 is 0 Å². The molecule has 29 heavy (non-hydrogen) atoms. The third-order valence-electron chi connectivity index (χ3n) is 4.69. The van der Waals surface area contributed by atoms with Gasteiger partial charge in [-0.15, -0.1) is 0 Å². The first-order valence-electron chi connectivity index (χ1n) is 8.86. The number of hydrogen-bond acceptors (Lipinski definition) is 5. The van der Waals surface area contributed by atoms with Crippen LogP contribution in [0.4, 0.5) is 11.4 Å². The smallest absolute Gasteiger partial charge is 0.255 e. The zero-order chi connectivity index (χ0) is 20.5. The van der Waals surface area contributed by atoms with E-state index in [-0.39, 0.29) is 17.7 Å². The Morgan fingerprint density at radius 3 is 2.38 bits per heavy atom. The Balaban J connectivity index is 1.76. The van der Waals surface area contributed by atoms with Crippen LogP contribution >= 0.6 is 0 Å². The van der Waals surface area contributed by atoms with Crippen LogP contribution in [0.15, 0.2) is 66.7 Å². The SMILES string of the molecule is COc1ccc(C(=O)Nc2ccccc2-n2c(O)c3ccc(N)cc3c2O)cc1. The Labute approximate surface area is 166 Å². The number of ether oxygens (including phenoxy) is 1. The van der Waals surface area contributed by atoms with Gasteiger partial charge in [0.15, 0.2) is 0 Å². The molecule has 1 amide bonds. The minimum Gasteiger partial charge on any atom is -0.497 e. The summed E-state index contributed by atoms with van der Waals surface area (Å²) >= 11 is 0. The van der Waals surface area contributed by atoms with Crippen molar-refractivity contribution in [1.82, 2.24) is 4.57 Å². The Morgan fingerprint density at radius 1 is 0.966 bits per heavy atom. The highest BCUT2D eigenvalue weighted by molar-refractivity contribution is 6.05. The average Bonchev–Trinajstić information content (AvgIpc) is 2.98. The number of aromatic nitrogens is 1. The van der Waals surface area contributed by atoms with Crippen LogP contribution in [-0.2, 0) is 0 Å². The number of aromatic hydroxyl groups is 2. The number of methoxy groups -OCH3 is 1. The highest BCUT2D eigenvalue weighted by atomic mass is 16.5. The molecule has 0 saturated carbocycles. The number of nitrogens with two attached hydrogens (primary N) is 1. The lowest BCUT2D eigenvalue weighted by atomic mass is 10.2. The van der Waals surface area contributed by atoms with E-state index < -0.39 is 0 Å². The number of carbonyl (C=O) groups excluding carboxylic acids is 1. The molecule has 0 fully saturated rings.